The Morgan fingerprint density at radius 1 is 1.29 bits per heavy atom. The first-order chi connectivity index (χ1) is 11.5. The molecular weight excluding hydrogens is 324 g/mol. The molecule has 0 unspecified atom stereocenters. The molecule has 3 rings (SSSR count). The fourth-order valence-electron chi connectivity index (χ4n) is 2.91. The summed E-state index contributed by atoms with van der Waals surface area (Å²) in [5.41, 5.74) is 7.47. The maximum Gasteiger partial charge on any atom is 0.256 e. The van der Waals surface area contributed by atoms with Crippen molar-refractivity contribution in [1.82, 2.24) is 0 Å². The first-order valence-corrected chi connectivity index (χ1v) is 8.79. The number of hydrogen-bond acceptors (Lipinski definition) is 4. The number of primary amides is 1. The minimum absolute atomic E-state index is 0.0325. The van der Waals surface area contributed by atoms with Crippen LogP contribution in [0.3, 0.4) is 0 Å². The van der Waals surface area contributed by atoms with Gasteiger partial charge in [-0.25, -0.2) is 0 Å². The molecule has 1 aromatic carbocycles. The van der Waals surface area contributed by atoms with Crippen molar-refractivity contribution < 1.29 is 14.3 Å². The van der Waals surface area contributed by atoms with Crippen molar-refractivity contribution in [1.29, 1.82) is 0 Å². The largest absolute Gasteiger partial charge is 0.491 e. The van der Waals surface area contributed by atoms with Crippen LogP contribution in [0.15, 0.2) is 24.3 Å². The van der Waals surface area contributed by atoms with E-state index >= 15 is 0 Å². The quantitative estimate of drug-likeness (QED) is 0.872. The number of thiophene rings is 1. The van der Waals surface area contributed by atoms with Crippen LogP contribution in [-0.2, 0) is 12.8 Å². The molecule has 0 atom stereocenters. The molecule has 1 aliphatic carbocycles. The molecule has 1 aliphatic rings. The molecule has 1 heterocycles. The van der Waals surface area contributed by atoms with Crippen molar-refractivity contribution in [3.8, 4) is 5.75 Å². The number of aryl methyl sites for hydroxylation is 1. The van der Waals surface area contributed by atoms with Crippen molar-refractivity contribution in [2.45, 2.75) is 39.2 Å². The molecule has 0 spiro atoms. The number of fused-ring (bicyclic) bond motifs is 1. The zero-order chi connectivity index (χ0) is 17.3. The Labute approximate surface area is 144 Å². The number of benzene rings is 1. The average molecular weight is 344 g/mol. The van der Waals surface area contributed by atoms with E-state index in [1.54, 1.807) is 18.2 Å². The third kappa shape index (κ3) is 3.28. The fourth-order valence-corrected chi connectivity index (χ4v) is 4.20. The van der Waals surface area contributed by atoms with Crippen LogP contribution in [0.5, 0.6) is 5.75 Å². The van der Waals surface area contributed by atoms with Crippen LogP contribution < -0.4 is 15.8 Å². The summed E-state index contributed by atoms with van der Waals surface area (Å²) in [5, 5.41) is 3.39. The normalized spacial score (nSPS) is 13.0. The van der Waals surface area contributed by atoms with E-state index in [9.17, 15) is 9.59 Å². The van der Waals surface area contributed by atoms with Crippen LogP contribution in [0.2, 0.25) is 0 Å². The molecule has 2 amide bonds. The van der Waals surface area contributed by atoms with Gasteiger partial charge in [0.2, 0.25) is 0 Å². The number of hydrogen-bond donors (Lipinski definition) is 2. The summed E-state index contributed by atoms with van der Waals surface area (Å²) in [6, 6.07) is 7.00. The Balaban J connectivity index is 1.84. The molecular formula is C18H20N2O3S. The zero-order valence-corrected chi connectivity index (χ0v) is 14.5. The van der Waals surface area contributed by atoms with Crippen LogP contribution in [0, 0.1) is 0 Å². The molecule has 0 saturated heterocycles. The van der Waals surface area contributed by atoms with Crippen molar-refractivity contribution in [3.63, 3.8) is 0 Å². The molecule has 2 aromatic rings. The van der Waals surface area contributed by atoms with Gasteiger partial charge in [0.05, 0.1) is 11.7 Å². The lowest BCUT2D eigenvalue weighted by molar-refractivity contribution is 0.100. The van der Waals surface area contributed by atoms with Gasteiger partial charge in [0, 0.05) is 10.4 Å². The van der Waals surface area contributed by atoms with Gasteiger partial charge in [-0.05, 0) is 56.9 Å². The Hall–Kier alpha value is -2.34. The average Bonchev–Trinajstić information content (AvgIpc) is 3.06. The van der Waals surface area contributed by atoms with E-state index in [2.05, 4.69) is 5.32 Å². The first kappa shape index (κ1) is 16.5. The van der Waals surface area contributed by atoms with Crippen LogP contribution in [0.4, 0.5) is 5.00 Å². The molecule has 0 bridgehead atoms. The number of amides is 2. The monoisotopic (exact) mass is 344 g/mol. The SMILES string of the molecule is CC(C)Oc1cccc(C(=O)Nc2sc3c(c2C(N)=O)CCC3)c1. The maximum atomic E-state index is 12.5. The predicted molar refractivity (Wildman–Crippen MR) is 95.0 cm³/mol. The van der Waals surface area contributed by atoms with E-state index in [1.165, 1.54) is 11.3 Å². The topological polar surface area (TPSA) is 81.4 Å². The minimum Gasteiger partial charge on any atom is -0.491 e. The zero-order valence-electron chi connectivity index (χ0n) is 13.7. The van der Waals surface area contributed by atoms with Gasteiger partial charge in [-0.3, -0.25) is 9.59 Å². The lowest BCUT2D eigenvalue weighted by Gasteiger charge is -2.11. The second kappa shape index (κ2) is 6.65. The van der Waals surface area contributed by atoms with E-state index in [0.29, 0.717) is 21.9 Å². The van der Waals surface area contributed by atoms with Gasteiger partial charge in [0.1, 0.15) is 10.8 Å². The molecule has 0 fully saturated rings. The van der Waals surface area contributed by atoms with E-state index in [0.717, 1.165) is 29.7 Å². The Bertz CT molecular complexity index is 796. The van der Waals surface area contributed by atoms with Crippen LogP contribution in [-0.4, -0.2) is 17.9 Å². The molecule has 5 nitrogen and oxygen atoms in total. The van der Waals surface area contributed by atoms with Gasteiger partial charge in [-0.15, -0.1) is 11.3 Å². The van der Waals surface area contributed by atoms with Crippen LogP contribution in [0.1, 0.15) is 51.4 Å². The van der Waals surface area contributed by atoms with Gasteiger partial charge < -0.3 is 15.8 Å². The third-order valence-electron chi connectivity index (χ3n) is 3.86. The molecule has 0 aliphatic heterocycles. The Morgan fingerprint density at radius 2 is 2.08 bits per heavy atom. The highest BCUT2D eigenvalue weighted by molar-refractivity contribution is 7.17. The summed E-state index contributed by atoms with van der Waals surface area (Å²) in [7, 11) is 0. The van der Waals surface area contributed by atoms with Crippen molar-refractivity contribution >= 4 is 28.2 Å². The number of carbonyl (C=O) groups is 2. The number of ether oxygens (including phenoxy) is 1. The van der Waals surface area contributed by atoms with Crippen molar-refractivity contribution in [2.24, 2.45) is 5.73 Å². The molecule has 6 heteroatoms. The highest BCUT2D eigenvalue weighted by Crippen LogP contribution is 2.39. The second-order valence-electron chi connectivity index (χ2n) is 6.07. The summed E-state index contributed by atoms with van der Waals surface area (Å²) in [5.74, 6) is -0.116. The van der Waals surface area contributed by atoms with Crippen molar-refractivity contribution in [2.75, 3.05) is 5.32 Å². The van der Waals surface area contributed by atoms with Gasteiger partial charge in [0.15, 0.2) is 0 Å². The highest BCUT2D eigenvalue weighted by atomic mass is 32.1. The fraction of sp³-hybridized carbons (Fsp3) is 0.333. The highest BCUT2D eigenvalue weighted by Gasteiger charge is 2.26. The lowest BCUT2D eigenvalue weighted by Crippen LogP contribution is -2.18. The number of nitrogens with one attached hydrogen (secondary N) is 1. The Morgan fingerprint density at radius 3 is 2.79 bits per heavy atom. The van der Waals surface area contributed by atoms with Gasteiger partial charge >= 0.3 is 0 Å². The van der Waals surface area contributed by atoms with E-state index in [1.807, 2.05) is 19.9 Å². The molecule has 0 radical (unpaired) electrons. The summed E-state index contributed by atoms with van der Waals surface area (Å²) < 4.78 is 5.62. The molecule has 1 aromatic heterocycles. The minimum atomic E-state index is -0.485. The number of carbonyl (C=O) groups excluding carboxylic acids is 2. The molecule has 0 saturated carbocycles. The molecule has 126 valence electrons. The summed E-state index contributed by atoms with van der Waals surface area (Å²) in [4.78, 5) is 25.5. The van der Waals surface area contributed by atoms with Crippen molar-refractivity contribution in [3.05, 3.63) is 45.8 Å². The number of anilines is 1. The lowest BCUT2D eigenvalue weighted by atomic mass is 10.1. The Kier molecular flexibility index (Phi) is 4.57. The third-order valence-corrected chi connectivity index (χ3v) is 5.07. The predicted octanol–water partition coefficient (Wildman–Crippen LogP) is 3.38. The van der Waals surface area contributed by atoms with E-state index < -0.39 is 5.91 Å². The summed E-state index contributed by atoms with van der Waals surface area (Å²) in [6.45, 7) is 3.86. The molecule has 24 heavy (non-hydrogen) atoms. The standard InChI is InChI=1S/C18H20N2O3S/c1-10(2)23-12-6-3-5-11(9-12)17(22)20-18-15(16(19)21)13-7-4-8-14(13)24-18/h3,5-6,9-10H,4,7-8H2,1-2H3,(H2,19,21)(H,20,22). The maximum absolute atomic E-state index is 12.5. The number of rotatable bonds is 5. The summed E-state index contributed by atoms with van der Waals surface area (Å²) >= 11 is 1.45. The van der Waals surface area contributed by atoms with Crippen LogP contribution in [0.25, 0.3) is 0 Å². The van der Waals surface area contributed by atoms with E-state index in [-0.39, 0.29) is 12.0 Å². The van der Waals surface area contributed by atoms with Gasteiger partial charge in [0.25, 0.3) is 11.8 Å². The number of nitrogens with two attached hydrogens (primary N) is 1. The van der Waals surface area contributed by atoms with Gasteiger partial charge in [-0.2, -0.15) is 0 Å². The second-order valence-corrected chi connectivity index (χ2v) is 7.18. The smallest absolute Gasteiger partial charge is 0.256 e. The van der Waals surface area contributed by atoms with E-state index in [4.69, 9.17) is 10.5 Å². The first-order valence-electron chi connectivity index (χ1n) is 7.98. The molecule has 3 N–H and O–H groups in total. The van der Waals surface area contributed by atoms with Gasteiger partial charge in [-0.1, -0.05) is 6.07 Å². The summed E-state index contributed by atoms with van der Waals surface area (Å²) in [6.07, 6.45) is 2.85. The van der Waals surface area contributed by atoms with Crippen LogP contribution >= 0.6 is 11.3 Å².